The molecule has 1 aromatic heterocycles. The summed E-state index contributed by atoms with van der Waals surface area (Å²) in [5.74, 6) is 0.693. The fourth-order valence-corrected chi connectivity index (χ4v) is 2.68. The number of likely N-dealkylation sites (tertiary alicyclic amines) is 1. The van der Waals surface area contributed by atoms with Gasteiger partial charge in [0.25, 0.3) is 0 Å². The summed E-state index contributed by atoms with van der Waals surface area (Å²) in [5.41, 5.74) is 0.972. The van der Waals surface area contributed by atoms with Crippen LogP contribution in [0.15, 0.2) is 23.0 Å². The number of rotatable bonds is 4. The molecule has 2 heterocycles. The van der Waals surface area contributed by atoms with Crippen LogP contribution in [0.1, 0.15) is 31.2 Å². The van der Waals surface area contributed by atoms with Crippen molar-refractivity contribution in [1.82, 2.24) is 10.2 Å². The van der Waals surface area contributed by atoms with Gasteiger partial charge in [0, 0.05) is 37.0 Å². The Labute approximate surface area is 118 Å². The topological polar surface area (TPSA) is 62.6 Å². The van der Waals surface area contributed by atoms with Crippen molar-refractivity contribution >= 4 is 11.8 Å². The summed E-state index contributed by atoms with van der Waals surface area (Å²) in [5, 5.41) is 2.93. The van der Waals surface area contributed by atoms with E-state index in [4.69, 9.17) is 4.42 Å². The van der Waals surface area contributed by atoms with Crippen LogP contribution >= 0.6 is 0 Å². The van der Waals surface area contributed by atoms with Crippen molar-refractivity contribution in [2.45, 2.75) is 32.2 Å². The summed E-state index contributed by atoms with van der Waals surface area (Å²) in [6.07, 6.45) is 6.87. The minimum Gasteiger partial charge on any atom is -0.472 e. The number of nitrogens with zero attached hydrogens (tertiary/aromatic N) is 1. The van der Waals surface area contributed by atoms with Crippen molar-refractivity contribution in [2.75, 3.05) is 13.1 Å². The van der Waals surface area contributed by atoms with Gasteiger partial charge in [0.15, 0.2) is 0 Å². The summed E-state index contributed by atoms with van der Waals surface area (Å²) >= 11 is 0. The lowest BCUT2D eigenvalue weighted by Gasteiger charge is -2.31. The molecule has 2 aliphatic rings. The van der Waals surface area contributed by atoms with Crippen molar-refractivity contribution in [1.29, 1.82) is 0 Å². The van der Waals surface area contributed by atoms with E-state index in [2.05, 4.69) is 5.32 Å². The maximum atomic E-state index is 12.1. The molecule has 0 radical (unpaired) electrons. The Morgan fingerprint density at radius 2 is 1.95 bits per heavy atom. The van der Waals surface area contributed by atoms with Gasteiger partial charge < -0.3 is 14.6 Å². The number of furan rings is 1. The van der Waals surface area contributed by atoms with Gasteiger partial charge in [-0.3, -0.25) is 9.59 Å². The number of nitrogens with one attached hydrogen (secondary N) is 1. The molecule has 1 N–H and O–H groups in total. The van der Waals surface area contributed by atoms with Crippen LogP contribution in [0.25, 0.3) is 0 Å². The first kappa shape index (κ1) is 13.2. The van der Waals surface area contributed by atoms with Crippen molar-refractivity contribution in [2.24, 2.45) is 11.8 Å². The second-order valence-corrected chi connectivity index (χ2v) is 5.72. The Morgan fingerprint density at radius 3 is 2.55 bits per heavy atom. The standard InChI is InChI=1S/C15H20N2O3/c18-14(16-9-11-5-8-20-10-11)12-3-6-17(7-4-12)15(19)13-1-2-13/h5,8,10,12-13H,1-4,6-7,9H2,(H,16,18). The van der Waals surface area contributed by atoms with Gasteiger partial charge in [0.1, 0.15) is 0 Å². The van der Waals surface area contributed by atoms with Crippen molar-refractivity contribution in [3.8, 4) is 0 Å². The largest absolute Gasteiger partial charge is 0.472 e. The second-order valence-electron chi connectivity index (χ2n) is 5.72. The van der Waals surface area contributed by atoms with Crippen LogP contribution in [0.4, 0.5) is 0 Å². The highest BCUT2D eigenvalue weighted by Gasteiger charge is 2.35. The summed E-state index contributed by atoms with van der Waals surface area (Å²) in [4.78, 5) is 25.9. The number of carbonyl (C=O) groups is 2. The minimum atomic E-state index is 0.0326. The molecule has 1 aliphatic heterocycles. The normalized spacial score (nSPS) is 19.9. The molecular weight excluding hydrogens is 256 g/mol. The molecule has 5 heteroatoms. The highest BCUT2D eigenvalue weighted by molar-refractivity contribution is 5.82. The Morgan fingerprint density at radius 1 is 1.20 bits per heavy atom. The van der Waals surface area contributed by atoms with E-state index in [0.29, 0.717) is 12.5 Å². The van der Waals surface area contributed by atoms with Crippen LogP contribution in [0.5, 0.6) is 0 Å². The van der Waals surface area contributed by atoms with E-state index >= 15 is 0 Å². The molecule has 1 saturated carbocycles. The molecular formula is C15H20N2O3. The lowest BCUT2D eigenvalue weighted by atomic mass is 9.95. The van der Waals surface area contributed by atoms with Gasteiger partial charge in [-0.15, -0.1) is 0 Å². The van der Waals surface area contributed by atoms with E-state index < -0.39 is 0 Å². The molecule has 0 unspecified atom stereocenters. The zero-order valence-corrected chi connectivity index (χ0v) is 11.5. The summed E-state index contributed by atoms with van der Waals surface area (Å²) in [7, 11) is 0. The zero-order chi connectivity index (χ0) is 13.9. The molecule has 2 fully saturated rings. The van der Waals surface area contributed by atoms with Crippen LogP contribution in [-0.4, -0.2) is 29.8 Å². The van der Waals surface area contributed by atoms with Crippen LogP contribution in [0, 0.1) is 11.8 Å². The van der Waals surface area contributed by atoms with Gasteiger partial charge in [-0.1, -0.05) is 0 Å². The van der Waals surface area contributed by atoms with E-state index in [9.17, 15) is 9.59 Å². The number of hydrogen-bond donors (Lipinski definition) is 1. The van der Waals surface area contributed by atoms with Crippen LogP contribution in [0.3, 0.4) is 0 Å². The van der Waals surface area contributed by atoms with Gasteiger partial charge in [0.2, 0.25) is 11.8 Å². The smallest absolute Gasteiger partial charge is 0.225 e. The van der Waals surface area contributed by atoms with Crippen LogP contribution < -0.4 is 5.32 Å². The highest BCUT2D eigenvalue weighted by Crippen LogP contribution is 2.32. The van der Waals surface area contributed by atoms with Gasteiger partial charge >= 0.3 is 0 Å². The number of hydrogen-bond acceptors (Lipinski definition) is 3. The molecule has 0 bridgehead atoms. The van der Waals surface area contributed by atoms with Gasteiger partial charge in [-0.2, -0.15) is 0 Å². The SMILES string of the molecule is O=C(NCc1ccoc1)C1CCN(C(=O)C2CC2)CC1. The molecule has 0 atom stereocenters. The monoisotopic (exact) mass is 276 g/mol. The van der Waals surface area contributed by atoms with Crippen molar-refractivity contribution < 1.29 is 14.0 Å². The van der Waals surface area contributed by atoms with E-state index in [-0.39, 0.29) is 17.7 Å². The first-order chi connectivity index (χ1) is 9.74. The average Bonchev–Trinajstić information content (AvgIpc) is 3.21. The fraction of sp³-hybridized carbons (Fsp3) is 0.600. The van der Waals surface area contributed by atoms with E-state index in [1.54, 1.807) is 12.5 Å². The number of amides is 2. The molecule has 0 aromatic carbocycles. The van der Waals surface area contributed by atoms with Gasteiger partial charge in [-0.05, 0) is 31.7 Å². The number of piperidine rings is 1. The molecule has 1 aromatic rings. The average molecular weight is 276 g/mol. The van der Waals surface area contributed by atoms with E-state index in [1.165, 1.54) is 0 Å². The quantitative estimate of drug-likeness (QED) is 0.907. The Balaban J connectivity index is 1.42. The van der Waals surface area contributed by atoms with Gasteiger partial charge in [-0.25, -0.2) is 0 Å². The van der Waals surface area contributed by atoms with Crippen molar-refractivity contribution in [3.63, 3.8) is 0 Å². The lowest BCUT2D eigenvalue weighted by Crippen LogP contribution is -2.43. The van der Waals surface area contributed by atoms with Gasteiger partial charge in [0.05, 0.1) is 12.5 Å². The maximum Gasteiger partial charge on any atom is 0.225 e. The molecule has 1 saturated heterocycles. The lowest BCUT2D eigenvalue weighted by molar-refractivity contribution is -0.136. The Bertz CT molecular complexity index is 471. The molecule has 0 spiro atoms. The first-order valence-corrected chi connectivity index (χ1v) is 7.31. The zero-order valence-electron chi connectivity index (χ0n) is 11.5. The fourth-order valence-electron chi connectivity index (χ4n) is 2.68. The second kappa shape index (κ2) is 5.69. The maximum absolute atomic E-state index is 12.1. The molecule has 5 nitrogen and oxygen atoms in total. The minimum absolute atomic E-state index is 0.0326. The molecule has 1 aliphatic carbocycles. The highest BCUT2D eigenvalue weighted by atomic mass is 16.3. The first-order valence-electron chi connectivity index (χ1n) is 7.31. The summed E-state index contributed by atoms with van der Waals surface area (Å²) in [6.45, 7) is 1.95. The Hall–Kier alpha value is -1.78. The predicted octanol–water partition coefficient (Wildman–Crippen LogP) is 1.54. The van der Waals surface area contributed by atoms with Crippen molar-refractivity contribution in [3.05, 3.63) is 24.2 Å². The molecule has 108 valence electrons. The number of carbonyl (C=O) groups excluding carboxylic acids is 2. The Kier molecular flexibility index (Phi) is 3.76. The van der Waals surface area contributed by atoms with E-state index in [1.807, 2.05) is 11.0 Å². The molecule has 20 heavy (non-hydrogen) atoms. The van der Waals surface area contributed by atoms with E-state index in [0.717, 1.165) is 44.3 Å². The molecule has 2 amide bonds. The summed E-state index contributed by atoms with van der Waals surface area (Å²) < 4.78 is 4.97. The van der Waals surface area contributed by atoms with Crippen LogP contribution in [-0.2, 0) is 16.1 Å². The molecule has 3 rings (SSSR count). The third-order valence-corrected chi connectivity index (χ3v) is 4.15. The summed E-state index contributed by atoms with van der Waals surface area (Å²) in [6, 6.07) is 1.84. The third-order valence-electron chi connectivity index (χ3n) is 4.15. The third kappa shape index (κ3) is 3.03. The predicted molar refractivity (Wildman–Crippen MR) is 72.6 cm³/mol. The van der Waals surface area contributed by atoms with Crippen LogP contribution in [0.2, 0.25) is 0 Å².